The largest absolute Gasteiger partial charge is 0.496 e. The molecule has 3 nitrogen and oxygen atoms in total. The maximum Gasteiger partial charge on any atom is 0.261 e. The van der Waals surface area contributed by atoms with E-state index in [4.69, 9.17) is 4.74 Å². The molecule has 1 aliphatic rings. The first kappa shape index (κ1) is 10.4. The van der Waals surface area contributed by atoms with Gasteiger partial charge in [-0.15, -0.1) is 11.8 Å². The molecule has 0 unspecified atom stereocenters. The summed E-state index contributed by atoms with van der Waals surface area (Å²) in [6.07, 6.45) is 0. The van der Waals surface area contributed by atoms with Gasteiger partial charge in [-0.05, 0) is 20.8 Å². The molecule has 74 valence electrons. The van der Waals surface area contributed by atoms with Gasteiger partial charge in [-0.25, -0.2) is 0 Å². The molecule has 0 aromatic heterocycles. The number of hydrogen-bond acceptors (Lipinski definition) is 3. The second-order valence-corrected chi connectivity index (χ2v) is 4.32. The fraction of sp³-hybridized carbons (Fsp3) is 0.667. The molecule has 0 atom stereocenters. The molecule has 0 spiro atoms. The third-order valence-corrected chi connectivity index (χ3v) is 2.73. The highest BCUT2D eigenvalue weighted by Crippen LogP contribution is 2.25. The van der Waals surface area contributed by atoms with Gasteiger partial charge in [0.15, 0.2) is 0 Å². The monoisotopic (exact) mass is 201 g/mol. The number of carbonyl (C=O) groups is 1. The minimum Gasteiger partial charge on any atom is -0.496 e. The molecule has 0 aromatic rings. The summed E-state index contributed by atoms with van der Waals surface area (Å²) in [5.41, 5.74) is 0. The van der Waals surface area contributed by atoms with Crippen LogP contribution in [-0.2, 0) is 9.53 Å². The van der Waals surface area contributed by atoms with Crippen molar-refractivity contribution in [2.24, 2.45) is 0 Å². The number of hydrogen-bond donors (Lipinski definition) is 1. The van der Waals surface area contributed by atoms with Gasteiger partial charge >= 0.3 is 0 Å². The number of thioether (sulfide) groups is 1. The summed E-state index contributed by atoms with van der Waals surface area (Å²) in [4.78, 5) is 12.3. The van der Waals surface area contributed by atoms with Crippen LogP contribution in [0.2, 0.25) is 0 Å². The summed E-state index contributed by atoms with van der Waals surface area (Å²) < 4.78 is 5.29. The van der Waals surface area contributed by atoms with E-state index in [2.05, 4.69) is 5.32 Å². The molecule has 0 radical (unpaired) electrons. The smallest absolute Gasteiger partial charge is 0.261 e. The molecule has 0 saturated heterocycles. The molecule has 0 aliphatic carbocycles. The van der Waals surface area contributed by atoms with E-state index < -0.39 is 0 Å². The molecule has 1 N–H and O–H groups in total. The second kappa shape index (κ2) is 4.56. The van der Waals surface area contributed by atoms with Gasteiger partial charge in [0, 0.05) is 11.8 Å². The predicted octanol–water partition coefficient (Wildman–Crippen LogP) is 1.51. The Morgan fingerprint density at radius 1 is 1.62 bits per heavy atom. The molecular formula is C9H15NO2S. The van der Waals surface area contributed by atoms with Crippen molar-refractivity contribution in [3.8, 4) is 0 Å². The highest BCUT2D eigenvalue weighted by atomic mass is 32.2. The quantitative estimate of drug-likeness (QED) is 0.736. The second-order valence-electron chi connectivity index (χ2n) is 3.21. The van der Waals surface area contributed by atoms with Gasteiger partial charge in [-0.2, -0.15) is 0 Å². The molecule has 13 heavy (non-hydrogen) atoms. The Hall–Kier alpha value is -0.640. The number of ether oxygens (including phenoxy) is 1. The van der Waals surface area contributed by atoms with Gasteiger partial charge < -0.3 is 10.1 Å². The van der Waals surface area contributed by atoms with Crippen molar-refractivity contribution < 1.29 is 9.53 Å². The molecule has 4 heteroatoms. The lowest BCUT2D eigenvalue weighted by molar-refractivity contribution is -0.117. The van der Waals surface area contributed by atoms with E-state index in [1.165, 1.54) is 0 Å². The summed E-state index contributed by atoms with van der Waals surface area (Å²) in [5.74, 6) is 1.59. The van der Waals surface area contributed by atoms with Gasteiger partial charge in [0.2, 0.25) is 0 Å². The van der Waals surface area contributed by atoms with E-state index in [1.807, 2.05) is 20.8 Å². The van der Waals surface area contributed by atoms with Crippen LogP contribution in [0.1, 0.15) is 20.8 Å². The fourth-order valence-corrected chi connectivity index (χ4v) is 1.88. The molecule has 0 saturated carbocycles. The molecule has 1 aliphatic heterocycles. The maximum absolute atomic E-state index is 11.5. The van der Waals surface area contributed by atoms with Crippen LogP contribution in [0.4, 0.5) is 0 Å². The molecule has 1 amide bonds. The lowest BCUT2D eigenvalue weighted by Gasteiger charge is -2.18. The summed E-state index contributed by atoms with van der Waals surface area (Å²) in [6, 6.07) is 0.176. The zero-order chi connectivity index (χ0) is 9.84. The van der Waals surface area contributed by atoms with Gasteiger partial charge in [0.25, 0.3) is 5.91 Å². The Morgan fingerprint density at radius 2 is 2.31 bits per heavy atom. The molecule has 1 rings (SSSR count). The van der Waals surface area contributed by atoms with Crippen molar-refractivity contribution in [1.82, 2.24) is 5.32 Å². The Balaban J connectivity index is 2.64. The number of carbonyl (C=O) groups excluding carboxylic acids is 1. The van der Waals surface area contributed by atoms with E-state index in [1.54, 1.807) is 11.8 Å². The van der Waals surface area contributed by atoms with E-state index in [0.717, 1.165) is 16.4 Å². The first-order chi connectivity index (χ1) is 6.11. The zero-order valence-electron chi connectivity index (χ0n) is 8.22. The van der Waals surface area contributed by atoms with Gasteiger partial charge in [-0.1, -0.05) is 0 Å². The van der Waals surface area contributed by atoms with Crippen LogP contribution in [0, 0.1) is 0 Å². The first-order valence-electron chi connectivity index (χ1n) is 4.38. The topological polar surface area (TPSA) is 38.3 Å². The first-order valence-corrected chi connectivity index (χ1v) is 5.37. The number of nitrogens with one attached hydrogen (secondary N) is 1. The summed E-state index contributed by atoms with van der Waals surface area (Å²) in [6.45, 7) is 6.43. The van der Waals surface area contributed by atoms with E-state index >= 15 is 0 Å². The lowest BCUT2D eigenvalue weighted by Crippen LogP contribution is -2.32. The normalized spacial score (nSPS) is 17.2. The molecule has 1 heterocycles. The van der Waals surface area contributed by atoms with Crippen LogP contribution in [0.3, 0.4) is 0 Å². The molecule has 0 fully saturated rings. The number of rotatable bonds is 2. The minimum atomic E-state index is -0.0165. The lowest BCUT2D eigenvalue weighted by atomic mass is 10.3. The van der Waals surface area contributed by atoms with Crippen molar-refractivity contribution in [1.29, 1.82) is 0 Å². The Morgan fingerprint density at radius 3 is 2.85 bits per heavy atom. The van der Waals surface area contributed by atoms with Crippen molar-refractivity contribution in [3.05, 3.63) is 10.7 Å². The highest BCUT2D eigenvalue weighted by molar-refractivity contribution is 8.04. The Labute approximate surface area is 82.9 Å². The minimum absolute atomic E-state index is 0.0165. The third-order valence-electron chi connectivity index (χ3n) is 1.59. The van der Waals surface area contributed by atoms with Crippen LogP contribution >= 0.6 is 11.8 Å². The van der Waals surface area contributed by atoms with Crippen LogP contribution in [0.5, 0.6) is 0 Å². The van der Waals surface area contributed by atoms with Gasteiger partial charge in [0.1, 0.15) is 10.7 Å². The van der Waals surface area contributed by atoms with Gasteiger partial charge in [-0.3, -0.25) is 4.79 Å². The maximum atomic E-state index is 11.5. The van der Waals surface area contributed by atoms with Crippen LogP contribution < -0.4 is 5.32 Å². The Bertz CT molecular complexity index is 236. The van der Waals surface area contributed by atoms with Crippen molar-refractivity contribution >= 4 is 17.7 Å². The molecular weight excluding hydrogens is 186 g/mol. The Kier molecular flexibility index (Phi) is 3.66. The molecule has 0 bridgehead atoms. The van der Waals surface area contributed by atoms with Crippen molar-refractivity contribution in [2.45, 2.75) is 26.8 Å². The standard InChI is InChI=1S/C9H15NO2S/c1-6(2)10-9(11)8-7(3)12-4-5-13-8/h6H,4-5H2,1-3H3,(H,10,11). The van der Waals surface area contributed by atoms with Crippen LogP contribution in [-0.4, -0.2) is 24.3 Å². The third kappa shape index (κ3) is 2.95. The summed E-state index contributed by atoms with van der Waals surface area (Å²) in [7, 11) is 0. The van der Waals surface area contributed by atoms with Gasteiger partial charge in [0.05, 0.1) is 6.61 Å². The average molecular weight is 201 g/mol. The SMILES string of the molecule is CC1=C(C(=O)NC(C)C)SCCO1. The fourth-order valence-electron chi connectivity index (χ4n) is 1.06. The number of amides is 1. The van der Waals surface area contributed by atoms with E-state index in [0.29, 0.717) is 6.61 Å². The summed E-state index contributed by atoms with van der Waals surface area (Å²) >= 11 is 1.56. The van der Waals surface area contributed by atoms with Crippen LogP contribution in [0.25, 0.3) is 0 Å². The average Bonchev–Trinajstić information content (AvgIpc) is 2.03. The van der Waals surface area contributed by atoms with Crippen LogP contribution in [0.15, 0.2) is 10.7 Å². The van der Waals surface area contributed by atoms with Crippen molar-refractivity contribution in [2.75, 3.05) is 12.4 Å². The predicted molar refractivity (Wildman–Crippen MR) is 54.4 cm³/mol. The number of allylic oxidation sites excluding steroid dienone is 1. The van der Waals surface area contributed by atoms with E-state index in [-0.39, 0.29) is 11.9 Å². The molecule has 0 aromatic carbocycles. The van der Waals surface area contributed by atoms with E-state index in [9.17, 15) is 4.79 Å². The van der Waals surface area contributed by atoms with Crippen molar-refractivity contribution in [3.63, 3.8) is 0 Å². The zero-order valence-corrected chi connectivity index (χ0v) is 9.03. The highest BCUT2D eigenvalue weighted by Gasteiger charge is 2.18. The summed E-state index contributed by atoms with van der Waals surface area (Å²) in [5, 5.41) is 2.85.